The third-order valence-electron chi connectivity index (χ3n) is 11.3. The van der Waals surface area contributed by atoms with Crippen LogP contribution in [0.5, 0.6) is 0 Å². The van der Waals surface area contributed by atoms with Gasteiger partial charge in [-0.3, -0.25) is 9.59 Å². The first kappa shape index (κ1) is 53.6. The van der Waals surface area contributed by atoms with Crippen LogP contribution in [0.15, 0.2) is 12.2 Å². The number of unbranched alkanes of at least 4 members (excludes halogenated alkanes) is 30. The fourth-order valence-electron chi connectivity index (χ4n) is 7.59. The van der Waals surface area contributed by atoms with E-state index in [-0.39, 0.29) is 24.9 Å². The van der Waals surface area contributed by atoms with E-state index in [1.165, 1.54) is 167 Å². The third kappa shape index (κ3) is 39.2. The maximum Gasteiger partial charge on any atom is 0.306 e. The molecule has 0 aromatic heterocycles. The largest absolute Gasteiger partial charge is 0.462 e. The Morgan fingerprint density at radius 1 is 0.509 bits per heavy atom. The topological polar surface area (TPSA) is 95.9 Å². The minimum Gasteiger partial charge on any atom is -0.462 e. The Hall–Kier alpha value is -1.40. The first-order valence-corrected chi connectivity index (χ1v) is 24.4. The Morgan fingerprint density at radius 2 is 0.891 bits per heavy atom. The van der Waals surface area contributed by atoms with E-state index in [1.54, 1.807) is 0 Å². The molecule has 0 bridgehead atoms. The summed E-state index contributed by atoms with van der Waals surface area (Å²) >= 11 is 0. The zero-order chi connectivity index (χ0) is 40.3. The lowest BCUT2D eigenvalue weighted by Crippen LogP contribution is -2.46. The molecule has 326 valence electrons. The molecule has 6 nitrogen and oxygen atoms in total. The molecular weight excluding hydrogens is 683 g/mol. The van der Waals surface area contributed by atoms with Crippen LogP contribution < -0.4 is 5.32 Å². The van der Waals surface area contributed by atoms with E-state index in [0.717, 1.165) is 51.4 Å². The number of nitrogens with one attached hydrogen (secondary N) is 1. The highest BCUT2D eigenvalue weighted by atomic mass is 16.5. The van der Waals surface area contributed by atoms with Gasteiger partial charge in [-0.25, -0.2) is 0 Å². The summed E-state index contributed by atoms with van der Waals surface area (Å²) < 4.78 is 5.91. The fraction of sp³-hybridized carbons (Fsp3) is 0.918. The van der Waals surface area contributed by atoms with Gasteiger partial charge in [-0.2, -0.15) is 0 Å². The second kappa shape index (κ2) is 43.7. The van der Waals surface area contributed by atoms with Gasteiger partial charge in [0.2, 0.25) is 5.91 Å². The van der Waals surface area contributed by atoms with Gasteiger partial charge in [0.05, 0.1) is 25.2 Å². The van der Waals surface area contributed by atoms with Gasteiger partial charge in [-0.15, -0.1) is 0 Å². The highest BCUT2D eigenvalue weighted by molar-refractivity contribution is 5.77. The average molecular weight is 778 g/mol. The Labute approximate surface area is 342 Å². The average Bonchev–Trinajstić information content (AvgIpc) is 3.18. The highest BCUT2D eigenvalue weighted by Gasteiger charge is 2.24. The lowest BCUT2D eigenvalue weighted by atomic mass is 10.0. The van der Waals surface area contributed by atoms with Crippen molar-refractivity contribution in [3.05, 3.63) is 12.2 Å². The summed E-state index contributed by atoms with van der Waals surface area (Å²) in [6, 6.07) is -0.695. The standard InChI is InChI=1S/C49H95NO5/c1-4-7-10-13-16-19-22-24-27-29-32-35-38-41-47(52)46(44-51)50-48(53)43-45(40-37-34-31-28-26-23-20-17-14-11-8-5-2)55-49(54)42-39-36-33-30-25-21-18-15-12-9-6-3/h15,18,45-47,51-52H,4-14,16-17,19-44H2,1-3H3,(H,50,53)/b18-15-. The lowest BCUT2D eigenvalue weighted by molar-refractivity contribution is -0.151. The van der Waals surface area contributed by atoms with Crippen molar-refractivity contribution in [3.8, 4) is 0 Å². The first-order valence-electron chi connectivity index (χ1n) is 24.4. The predicted octanol–water partition coefficient (Wildman–Crippen LogP) is 14.2. The molecule has 3 atom stereocenters. The van der Waals surface area contributed by atoms with Crippen molar-refractivity contribution >= 4 is 11.9 Å². The number of esters is 1. The molecule has 6 heteroatoms. The lowest BCUT2D eigenvalue weighted by Gasteiger charge is -2.24. The van der Waals surface area contributed by atoms with Gasteiger partial charge in [0.15, 0.2) is 0 Å². The Balaban J connectivity index is 4.53. The molecule has 0 saturated carbocycles. The van der Waals surface area contributed by atoms with E-state index in [9.17, 15) is 19.8 Å². The molecular formula is C49H95NO5. The molecule has 0 aliphatic heterocycles. The SMILES string of the molecule is CCCC/C=C\CCCCCCCC(=O)OC(CCCCCCCCCCCCCC)CC(=O)NC(CO)C(O)CCCCCCCCCCCCCCC. The van der Waals surface area contributed by atoms with Gasteiger partial charge in [0.25, 0.3) is 0 Å². The Kier molecular flexibility index (Phi) is 42.6. The Bertz CT molecular complexity index is 832. The van der Waals surface area contributed by atoms with Gasteiger partial charge in [-0.1, -0.05) is 219 Å². The number of carbonyl (C=O) groups excluding carboxylic acids is 2. The third-order valence-corrected chi connectivity index (χ3v) is 11.3. The van der Waals surface area contributed by atoms with Gasteiger partial charge in [0.1, 0.15) is 6.10 Å². The van der Waals surface area contributed by atoms with Gasteiger partial charge < -0.3 is 20.3 Å². The molecule has 0 heterocycles. The molecule has 0 aliphatic carbocycles. The Morgan fingerprint density at radius 3 is 1.35 bits per heavy atom. The van der Waals surface area contributed by atoms with Gasteiger partial charge >= 0.3 is 5.97 Å². The second-order valence-corrected chi connectivity index (χ2v) is 16.9. The van der Waals surface area contributed by atoms with Crippen molar-refractivity contribution in [1.82, 2.24) is 5.32 Å². The molecule has 3 N–H and O–H groups in total. The number of aliphatic hydroxyl groups is 2. The van der Waals surface area contributed by atoms with Crippen molar-refractivity contribution < 1.29 is 24.5 Å². The highest BCUT2D eigenvalue weighted by Crippen LogP contribution is 2.18. The summed E-state index contributed by atoms with van der Waals surface area (Å²) in [5.74, 6) is -0.472. The molecule has 1 amide bonds. The normalized spacial score (nSPS) is 13.3. The molecule has 0 aromatic carbocycles. The minimum atomic E-state index is -0.781. The van der Waals surface area contributed by atoms with E-state index in [1.807, 2.05) is 0 Å². The molecule has 0 fully saturated rings. The quantitative estimate of drug-likeness (QED) is 0.0325. The van der Waals surface area contributed by atoms with Crippen LogP contribution in [0, 0.1) is 0 Å². The zero-order valence-electron chi connectivity index (χ0n) is 37.1. The number of rotatable bonds is 44. The summed E-state index contributed by atoms with van der Waals surface area (Å²) in [6.07, 6.45) is 46.9. The van der Waals surface area contributed by atoms with Crippen LogP contribution >= 0.6 is 0 Å². The van der Waals surface area contributed by atoms with Crippen LogP contribution in [0.4, 0.5) is 0 Å². The van der Waals surface area contributed by atoms with Crippen molar-refractivity contribution in [2.75, 3.05) is 6.61 Å². The number of allylic oxidation sites excluding steroid dienone is 2. The van der Waals surface area contributed by atoms with E-state index >= 15 is 0 Å². The minimum absolute atomic E-state index is 0.0809. The van der Waals surface area contributed by atoms with E-state index in [0.29, 0.717) is 19.3 Å². The molecule has 3 unspecified atom stereocenters. The summed E-state index contributed by atoms with van der Waals surface area (Å²) in [7, 11) is 0. The van der Waals surface area contributed by atoms with Crippen LogP contribution in [-0.2, 0) is 14.3 Å². The molecule has 0 aromatic rings. The van der Waals surface area contributed by atoms with Crippen LogP contribution in [0.3, 0.4) is 0 Å². The number of hydrogen-bond donors (Lipinski definition) is 3. The van der Waals surface area contributed by atoms with Crippen LogP contribution in [0.2, 0.25) is 0 Å². The molecule has 0 aliphatic rings. The monoisotopic (exact) mass is 778 g/mol. The van der Waals surface area contributed by atoms with E-state index in [4.69, 9.17) is 4.74 Å². The number of hydrogen-bond acceptors (Lipinski definition) is 5. The van der Waals surface area contributed by atoms with Crippen LogP contribution in [0.1, 0.15) is 265 Å². The fourth-order valence-corrected chi connectivity index (χ4v) is 7.59. The van der Waals surface area contributed by atoms with Crippen LogP contribution in [0.25, 0.3) is 0 Å². The molecule has 0 radical (unpaired) electrons. The number of amides is 1. The van der Waals surface area contributed by atoms with Crippen molar-refractivity contribution in [2.24, 2.45) is 0 Å². The molecule has 0 spiro atoms. The summed E-state index contributed by atoms with van der Waals surface area (Å²) in [4.78, 5) is 26.0. The second-order valence-electron chi connectivity index (χ2n) is 16.9. The number of carbonyl (C=O) groups is 2. The van der Waals surface area contributed by atoms with Crippen LogP contribution in [-0.4, -0.2) is 46.9 Å². The number of ether oxygens (including phenoxy) is 1. The first-order chi connectivity index (χ1) is 27.0. The molecule has 0 saturated heterocycles. The summed E-state index contributed by atoms with van der Waals surface area (Å²) in [5.41, 5.74) is 0. The summed E-state index contributed by atoms with van der Waals surface area (Å²) in [6.45, 7) is 6.45. The number of aliphatic hydroxyl groups excluding tert-OH is 2. The smallest absolute Gasteiger partial charge is 0.306 e. The van der Waals surface area contributed by atoms with Crippen molar-refractivity contribution in [3.63, 3.8) is 0 Å². The van der Waals surface area contributed by atoms with Gasteiger partial charge in [0, 0.05) is 6.42 Å². The summed E-state index contributed by atoms with van der Waals surface area (Å²) in [5, 5.41) is 23.7. The molecule has 55 heavy (non-hydrogen) atoms. The van der Waals surface area contributed by atoms with E-state index in [2.05, 4.69) is 38.2 Å². The van der Waals surface area contributed by atoms with Crippen molar-refractivity contribution in [1.29, 1.82) is 0 Å². The predicted molar refractivity (Wildman–Crippen MR) is 237 cm³/mol. The molecule has 0 rings (SSSR count). The maximum absolute atomic E-state index is 13.1. The van der Waals surface area contributed by atoms with Crippen molar-refractivity contribution in [2.45, 2.75) is 283 Å². The van der Waals surface area contributed by atoms with Gasteiger partial charge in [-0.05, 0) is 44.9 Å². The maximum atomic E-state index is 13.1. The van der Waals surface area contributed by atoms with E-state index < -0.39 is 18.2 Å². The zero-order valence-corrected chi connectivity index (χ0v) is 37.1.